The maximum Gasteiger partial charge on any atom is 0.346 e. The average molecular weight is 492 g/mol. The highest BCUT2D eigenvalue weighted by molar-refractivity contribution is 7.80. The molecule has 0 fully saturated rings. The first-order valence-electron chi connectivity index (χ1n) is 12.1. The molecule has 3 N–H and O–H groups in total. The molecule has 5 rings (SSSR count). The summed E-state index contributed by atoms with van der Waals surface area (Å²) in [6, 6.07) is 12.1. The van der Waals surface area contributed by atoms with E-state index in [0.29, 0.717) is 5.11 Å². The molecule has 1 unspecified atom stereocenters. The lowest BCUT2D eigenvalue weighted by Crippen LogP contribution is -2.48. The first kappa shape index (κ1) is 23.5. The molecule has 0 amide bonds. The number of hydrogen-bond acceptors (Lipinski definition) is 6. The molecule has 182 valence electrons. The van der Waals surface area contributed by atoms with Crippen LogP contribution in [0.3, 0.4) is 0 Å². The van der Waals surface area contributed by atoms with Crippen LogP contribution < -0.4 is 10.6 Å². The number of thiocarbonyl (C=S) groups is 1. The summed E-state index contributed by atoms with van der Waals surface area (Å²) in [6.07, 6.45) is 7.63. The van der Waals surface area contributed by atoms with Crippen molar-refractivity contribution < 1.29 is 19.2 Å². The fourth-order valence-corrected chi connectivity index (χ4v) is 5.54. The second-order valence-corrected chi connectivity index (χ2v) is 9.42. The zero-order valence-corrected chi connectivity index (χ0v) is 20.5. The smallest absolute Gasteiger partial charge is 0.346 e. The van der Waals surface area contributed by atoms with Gasteiger partial charge in [-0.1, -0.05) is 35.5 Å². The van der Waals surface area contributed by atoms with Crippen LogP contribution >= 0.6 is 12.2 Å². The van der Waals surface area contributed by atoms with E-state index in [2.05, 4.69) is 46.1 Å². The molecule has 8 heteroatoms. The number of carbonyl (C=O) groups excluding carboxylic acids is 1. The van der Waals surface area contributed by atoms with Gasteiger partial charge in [-0.15, -0.1) is 0 Å². The Balaban J connectivity index is 1.42. The van der Waals surface area contributed by atoms with E-state index in [0.717, 1.165) is 44.2 Å². The maximum atomic E-state index is 12.6. The van der Waals surface area contributed by atoms with Crippen molar-refractivity contribution in [1.82, 2.24) is 10.5 Å². The molecule has 2 aliphatic rings. The Bertz CT molecular complexity index is 1210. The molecule has 2 aliphatic carbocycles. The minimum absolute atomic E-state index is 0.0697. The zero-order valence-electron chi connectivity index (χ0n) is 19.7. The van der Waals surface area contributed by atoms with Gasteiger partial charge in [0.25, 0.3) is 0 Å². The Labute approximate surface area is 209 Å². The van der Waals surface area contributed by atoms with Gasteiger partial charge in [0.05, 0.1) is 13.2 Å². The van der Waals surface area contributed by atoms with Gasteiger partial charge in [-0.05, 0) is 91.0 Å². The number of fused-ring (bicyclic) bond motifs is 2. The number of nitrogens with one attached hydrogen (secondary N) is 2. The standard InChI is InChI=1S/C27H29N3O4S/c1-2-33-25(31)27(32,22-14-15-34-30-22)16-28-26(35)29-24-20-12-6-10-18(20)23(17-8-4-3-5-9-17)19-11-7-13-21(19)24/h3-5,8-9,14-15,32H,2,6-7,10-13,16H2,1H3,(H2,28,29,35). The van der Waals surface area contributed by atoms with Gasteiger partial charge in [0.1, 0.15) is 12.0 Å². The number of esters is 1. The number of benzene rings is 2. The molecular weight excluding hydrogens is 462 g/mol. The third-order valence-electron chi connectivity index (χ3n) is 6.92. The summed E-state index contributed by atoms with van der Waals surface area (Å²) >= 11 is 5.62. The molecule has 0 aliphatic heterocycles. The van der Waals surface area contributed by atoms with Crippen LogP contribution in [0.4, 0.5) is 5.69 Å². The van der Waals surface area contributed by atoms with Crippen LogP contribution in [-0.4, -0.2) is 34.5 Å². The molecule has 1 aromatic heterocycles. The van der Waals surface area contributed by atoms with Crippen molar-refractivity contribution in [3.8, 4) is 11.1 Å². The highest BCUT2D eigenvalue weighted by Gasteiger charge is 2.42. The number of aromatic nitrogens is 1. The highest BCUT2D eigenvalue weighted by atomic mass is 32.1. The fourth-order valence-electron chi connectivity index (χ4n) is 5.37. The summed E-state index contributed by atoms with van der Waals surface area (Å²) in [6.45, 7) is 1.62. The van der Waals surface area contributed by atoms with Gasteiger partial charge in [0, 0.05) is 11.8 Å². The molecular formula is C27H29N3O4S. The molecule has 35 heavy (non-hydrogen) atoms. The molecule has 0 radical (unpaired) electrons. The number of nitrogens with zero attached hydrogens (tertiary/aromatic N) is 1. The minimum Gasteiger partial charge on any atom is -0.463 e. The predicted octanol–water partition coefficient (Wildman–Crippen LogP) is 4.06. The van der Waals surface area contributed by atoms with Crippen molar-refractivity contribution in [3.05, 3.63) is 70.6 Å². The van der Waals surface area contributed by atoms with Crippen molar-refractivity contribution in [1.29, 1.82) is 0 Å². The molecule has 7 nitrogen and oxygen atoms in total. The van der Waals surface area contributed by atoms with Crippen molar-refractivity contribution in [2.24, 2.45) is 0 Å². The van der Waals surface area contributed by atoms with Crippen molar-refractivity contribution in [3.63, 3.8) is 0 Å². The Kier molecular flexibility index (Phi) is 6.58. The molecule has 0 saturated carbocycles. The largest absolute Gasteiger partial charge is 0.463 e. The van der Waals surface area contributed by atoms with Gasteiger partial charge in [0.15, 0.2) is 5.11 Å². The van der Waals surface area contributed by atoms with E-state index in [1.165, 1.54) is 45.7 Å². The summed E-state index contributed by atoms with van der Waals surface area (Å²) in [4.78, 5) is 12.6. The number of rotatable bonds is 7. The topological polar surface area (TPSA) is 96.6 Å². The Morgan fingerprint density at radius 3 is 2.34 bits per heavy atom. The van der Waals surface area contributed by atoms with Crippen molar-refractivity contribution >= 4 is 29.0 Å². The number of ether oxygens (including phenoxy) is 1. The van der Waals surface area contributed by atoms with Gasteiger partial charge in [0.2, 0.25) is 5.60 Å². The lowest BCUT2D eigenvalue weighted by atomic mass is 9.88. The molecule has 0 bridgehead atoms. The van der Waals surface area contributed by atoms with Crippen LogP contribution in [0.1, 0.15) is 47.7 Å². The molecule has 0 spiro atoms. The maximum absolute atomic E-state index is 12.6. The molecule has 0 saturated heterocycles. The van der Waals surface area contributed by atoms with E-state index in [9.17, 15) is 9.90 Å². The SMILES string of the molecule is CCOC(=O)C(O)(CNC(=S)Nc1c2c(c(-c3ccccc3)c3c1CCC3)CCC2)c1ccon1. The van der Waals surface area contributed by atoms with Crippen LogP contribution in [-0.2, 0) is 40.8 Å². The first-order chi connectivity index (χ1) is 17.0. The summed E-state index contributed by atoms with van der Waals surface area (Å²) in [5.74, 6) is -0.807. The van der Waals surface area contributed by atoms with Crippen molar-refractivity contribution in [2.75, 3.05) is 18.5 Å². The molecule has 1 heterocycles. The van der Waals surface area contributed by atoms with Gasteiger partial charge in [-0.3, -0.25) is 0 Å². The molecule has 3 aromatic rings. The Morgan fingerprint density at radius 1 is 1.09 bits per heavy atom. The summed E-state index contributed by atoms with van der Waals surface area (Å²) in [7, 11) is 0. The summed E-state index contributed by atoms with van der Waals surface area (Å²) < 4.78 is 9.93. The lowest BCUT2D eigenvalue weighted by Gasteiger charge is -2.26. The minimum atomic E-state index is -2.02. The summed E-state index contributed by atoms with van der Waals surface area (Å²) in [5.41, 5.74) is 7.29. The van der Waals surface area contributed by atoms with E-state index < -0.39 is 11.6 Å². The first-order valence-corrected chi connectivity index (χ1v) is 12.5. The van der Waals surface area contributed by atoms with Gasteiger partial charge in [-0.25, -0.2) is 4.79 Å². The zero-order chi connectivity index (χ0) is 24.4. The lowest BCUT2D eigenvalue weighted by molar-refractivity contribution is -0.166. The monoisotopic (exact) mass is 491 g/mol. The van der Waals surface area contributed by atoms with Crippen LogP contribution in [0.15, 0.2) is 47.2 Å². The van der Waals surface area contributed by atoms with Crippen molar-refractivity contribution in [2.45, 2.75) is 51.0 Å². The third kappa shape index (κ3) is 4.32. The predicted molar refractivity (Wildman–Crippen MR) is 137 cm³/mol. The molecule has 2 aromatic carbocycles. The van der Waals surface area contributed by atoms with Crippen LogP contribution in [0.25, 0.3) is 11.1 Å². The van der Waals surface area contributed by atoms with Crippen LogP contribution in [0.5, 0.6) is 0 Å². The molecule has 1 atom stereocenters. The second kappa shape index (κ2) is 9.79. The second-order valence-electron chi connectivity index (χ2n) is 9.01. The Hall–Kier alpha value is -3.23. The normalized spacial score (nSPS) is 15.7. The van der Waals surface area contributed by atoms with Gasteiger partial charge >= 0.3 is 5.97 Å². The average Bonchev–Trinajstić information content (AvgIpc) is 3.65. The number of aliphatic hydroxyl groups is 1. The van der Waals surface area contributed by atoms with E-state index in [1.54, 1.807) is 6.92 Å². The van der Waals surface area contributed by atoms with Gasteiger partial charge < -0.3 is 25.0 Å². The quantitative estimate of drug-likeness (QED) is 0.336. The highest BCUT2D eigenvalue weighted by Crippen LogP contribution is 2.45. The number of carbonyl (C=O) groups is 1. The van der Waals surface area contributed by atoms with E-state index >= 15 is 0 Å². The third-order valence-corrected chi connectivity index (χ3v) is 7.17. The summed E-state index contributed by atoms with van der Waals surface area (Å²) in [5, 5.41) is 21.6. The number of hydrogen-bond donors (Lipinski definition) is 3. The Morgan fingerprint density at radius 2 is 1.74 bits per heavy atom. The van der Waals surface area contributed by atoms with E-state index in [-0.39, 0.29) is 18.8 Å². The van der Waals surface area contributed by atoms with E-state index in [4.69, 9.17) is 21.5 Å². The van der Waals surface area contributed by atoms with Crippen LogP contribution in [0, 0.1) is 0 Å². The van der Waals surface area contributed by atoms with Crippen LogP contribution in [0.2, 0.25) is 0 Å². The van der Waals surface area contributed by atoms with E-state index in [1.807, 2.05) is 0 Å². The van der Waals surface area contributed by atoms with Gasteiger partial charge in [-0.2, -0.15) is 0 Å². The fraction of sp³-hybridized carbons (Fsp3) is 0.370. The number of anilines is 1.